The van der Waals surface area contributed by atoms with E-state index < -0.39 is 0 Å². The van der Waals surface area contributed by atoms with E-state index in [9.17, 15) is 4.79 Å². The van der Waals surface area contributed by atoms with Gasteiger partial charge in [0.1, 0.15) is 11.5 Å². The van der Waals surface area contributed by atoms with Crippen LogP contribution in [-0.2, 0) is 0 Å². The summed E-state index contributed by atoms with van der Waals surface area (Å²) in [6.45, 7) is 3.77. The van der Waals surface area contributed by atoms with Crippen LogP contribution in [0.1, 0.15) is 21.6 Å². The van der Waals surface area contributed by atoms with Crippen molar-refractivity contribution in [1.29, 1.82) is 0 Å². The molecule has 2 aromatic carbocycles. The Morgan fingerprint density at radius 2 is 1.74 bits per heavy atom. The zero-order valence-electron chi connectivity index (χ0n) is 17.4. The van der Waals surface area contributed by atoms with E-state index in [0.29, 0.717) is 50.3 Å². The van der Waals surface area contributed by atoms with Gasteiger partial charge in [0, 0.05) is 11.6 Å². The van der Waals surface area contributed by atoms with Crippen molar-refractivity contribution >= 4 is 34.3 Å². The molecule has 0 radical (unpaired) electrons. The maximum absolute atomic E-state index is 13.3. The Hall–Kier alpha value is -3.58. The largest absolute Gasteiger partial charge is 0.495 e. The van der Waals surface area contributed by atoms with Gasteiger partial charge in [-0.1, -0.05) is 46.6 Å². The predicted octanol–water partition coefficient (Wildman–Crippen LogP) is 5.43. The summed E-state index contributed by atoms with van der Waals surface area (Å²) in [5, 5.41) is 7.75. The van der Waals surface area contributed by atoms with Gasteiger partial charge in [0.05, 0.1) is 47.3 Å². The van der Waals surface area contributed by atoms with Gasteiger partial charge in [-0.2, -0.15) is 0 Å². The summed E-state index contributed by atoms with van der Waals surface area (Å²) in [5.74, 6) is 0.492. The molecule has 1 amide bonds. The second-order valence-electron chi connectivity index (χ2n) is 7.01. The minimum atomic E-state index is -0.369. The van der Waals surface area contributed by atoms with Crippen LogP contribution >= 0.6 is 11.6 Å². The fourth-order valence-electron chi connectivity index (χ4n) is 3.29. The van der Waals surface area contributed by atoms with Crippen LogP contribution in [0.2, 0.25) is 5.02 Å². The van der Waals surface area contributed by atoms with Crippen LogP contribution in [0, 0.1) is 13.8 Å². The number of rotatable bonds is 5. The van der Waals surface area contributed by atoms with Gasteiger partial charge in [-0.3, -0.25) is 4.79 Å². The van der Waals surface area contributed by atoms with E-state index in [1.807, 2.05) is 31.2 Å². The summed E-state index contributed by atoms with van der Waals surface area (Å²) in [4.78, 5) is 17.9. The van der Waals surface area contributed by atoms with Crippen LogP contribution in [0.15, 0.2) is 47.0 Å². The molecule has 0 unspecified atom stereocenters. The second kappa shape index (κ2) is 8.28. The van der Waals surface area contributed by atoms with E-state index in [1.165, 1.54) is 14.2 Å². The number of pyridine rings is 1. The molecule has 0 aliphatic heterocycles. The number of ether oxygens (including phenoxy) is 2. The van der Waals surface area contributed by atoms with E-state index in [-0.39, 0.29) is 5.91 Å². The van der Waals surface area contributed by atoms with Crippen molar-refractivity contribution in [3.8, 4) is 22.8 Å². The normalized spacial score (nSPS) is 10.9. The molecule has 4 rings (SSSR count). The SMILES string of the molecule is COc1cc(OC)c(NC(=O)c2cc(-c3ccc(C)cc3)nc3onc(C)c23)cc1Cl. The standard InChI is InChI=1S/C23H20ClN3O4/c1-12-5-7-14(8-6-12)17-9-15(21-13(2)27-31-23(21)26-17)22(28)25-18-10-16(24)19(29-3)11-20(18)30-4/h5-11H,1-4H3,(H,25,28). The lowest BCUT2D eigenvalue weighted by Crippen LogP contribution is -2.14. The van der Waals surface area contributed by atoms with E-state index >= 15 is 0 Å². The Morgan fingerprint density at radius 1 is 1.03 bits per heavy atom. The number of anilines is 1. The van der Waals surface area contributed by atoms with Crippen molar-refractivity contribution in [2.24, 2.45) is 0 Å². The van der Waals surface area contributed by atoms with Crippen molar-refractivity contribution in [1.82, 2.24) is 10.1 Å². The summed E-state index contributed by atoms with van der Waals surface area (Å²) >= 11 is 6.24. The Labute approximate surface area is 183 Å². The Bertz CT molecular complexity index is 1280. The molecular weight excluding hydrogens is 418 g/mol. The molecule has 0 spiro atoms. The fraction of sp³-hybridized carbons (Fsp3) is 0.174. The number of carbonyl (C=O) groups is 1. The summed E-state index contributed by atoms with van der Waals surface area (Å²) in [6, 6.07) is 12.8. The van der Waals surface area contributed by atoms with Crippen molar-refractivity contribution in [2.75, 3.05) is 19.5 Å². The number of nitrogens with zero attached hydrogens (tertiary/aromatic N) is 2. The minimum Gasteiger partial charge on any atom is -0.495 e. The Morgan fingerprint density at radius 3 is 2.42 bits per heavy atom. The average molecular weight is 438 g/mol. The summed E-state index contributed by atoms with van der Waals surface area (Å²) in [5.41, 5.74) is 4.25. The van der Waals surface area contributed by atoms with Crippen LogP contribution in [0.3, 0.4) is 0 Å². The van der Waals surface area contributed by atoms with Crippen molar-refractivity contribution in [2.45, 2.75) is 13.8 Å². The molecule has 0 atom stereocenters. The van der Waals surface area contributed by atoms with E-state index in [0.717, 1.165) is 11.1 Å². The number of benzene rings is 2. The number of methoxy groups -OCH3 is 2. The summed E-state index contributed by atoms with van der Waals surface area (Å²) in [6.07, 6.45) is 0. The molecule has 2 aromatic heterocycles. The number of hydrogen-bond donors (Lipinski definition) is 1. The number of amides is 1. The molecule has 0 bridgehead atoms. The smallest absolute Gasteiger partial charge is 0.259 e. The molecule has 2 heterocycles. The molecule has 0 fully saturated rings. The third-order valence-corrected chi connectivity index (χ3v) is 5.23. The first-order chi connectivity index (χ1) is 14.9. The van der Waals surface area contributed by atoms with E-state index in [4.69, 9.17) is 25.6 Å². The average Bonchev–Trinajstić information content (AvgIpc) is 3.14. The number of fused-ring (bicyclic) bond motifs is 1. The lowest BCUT2D eigenvalue weighted by Gasteiger charge is -2.14. The fourth-order valence-corrected chi connectivity index (χ4v) is 3.53. The third kappa shape index (κ3) is 3.92. The minimum absolute atomic E-state index is 0.292. The summed E-state index contributed by atoms with van der Waals surface area (Å²) in [7, 11) is 3.01. The topological polar surface area (TPSA) is 86.5 Å². The number of hydrogen-bond acceptors (Lipinski definition) is 6. The molecule has 4 aromatic rings. The van der Waals surface area contributed by atoms with Crippen LogP contribution < -0.4 is 14.8 Å². The van der Waals surface area contributed by atoms with Gasteiger partial charge in [-0.15, -0.1) is 0 Å². The molecule has 8 heteroatoms. The molecule has 31 heavy (non-hydrogen) atoms. The first kappa shape index (κ1) is 20.7. The van der Waals surface area contributed by atoms with Crippen molar-refractivity contribution in [3.63, 3.8) is 0 Å². The first-order valence-corrected chi connectivity index (χ1v) is 9.86. The number of aromatic nitrogens is 2. The highest BCUT2D eigenvalue weighted by Crippen LogP contribution is 2.36. The number of halogens is 1. The maximum atomic E-state index is 13.3. The van der Waals surface area contributed by atoms with Gasteiger partial charge < -0.3 is 19.3 Å². The third-order valence-electron chi connectivity index (χ3n) is 4.93. The lowest BCUT2D eigenvalue weighted by atomic mass is 10.0. The molecule has 0 aliphatic rings. The van der Waals surface area contributed by atoms with Gasteiger partial charge in [0.25, 0.3) is 11.6 Å². The molecule has 7 nitrogen and oxygen atoms in total. The second-order valence-corrected chi connectivity index (χ2v) is 7.42. The molecule has 0 saturated heterocycles. The molecule has 1 N–H and O–H groups in total. The quantitative estimate of drug-likeness (QED) is 0.448. The van der Waals surface area contributed by atoms with Gasteiger partial charge in [-0.05, 0) is 26.0 Å². The molecular formula is C23H20ClN3O4. The van der Waals surface area contributed by atoms with Crippen molar-refractivity contribution in [3.05, 3.63) is 64.3 Å². The van der Waals surface area contributed by atoms with E-state index in [2.05, 4.69) is 15.5 Å². The van der Waals surface area contributed by atoms with Crippen LogP contribution in [0.4, 0.5) is 5.69 Å². The van der Waals surface area contributed by atoms with Crippen LogP contribution in [-0.4, -0.2) is 30.3 Å². The van der Waals surface area contributed by atoms with Crippen molar-refractivity contribution < 1.29 is 18.8 Å². The Balaban J connectivity index is 1.80. The van der Waals surface area contributed by atoms with E-state index in [1.54, 1.807) is 25.1 Å². The zero-order chi connectivity index (χ0) is 22.1. The highest BCUT2D eigenvalue weighted by Gasteiger charge is 2.21. The zero-order valence-corrected chi connectivity index (χ0v) is 18.2. The predicted molar refractivity (Wildman–Crippen MR) is 119 cm³/mol. The highest BCUT2D eigenvalue weighted by atomic mass is 35.5. The maximum Gasteiger partial charge on any atom is 0.259 e. The van der Waals surface area contributed by atoms with Gasteiger partial charge in [0.2, 0.25) is 0 Å². The number of carbonyl (C=O) groups excluding carboxylic acids is 1. The first-order valence-electron chi connectivity index (χ1n) is 9.48. The van der Waals surface area contributed by atoms with Crippen LogP contribution in [0.25, 0.3) is 22.4 Å². The summed E-state index contributed by atoms with van der Waals surface area (Å²) < 4.78 is 16.0. The molecule has 0 aliphatic carbocycles. The number of aryl methyl sites for hydroxylation is 2. The molecule has 0 saturated carbocycles. The Kier molecular flexibility index (Phi) is 5.52. The van der Waals surface area contributed by atoms with Gasteiger partial charge in [-0.25, -0.2) is 4.98 Å². The lowest BCUT2D eigenvalue weighted by molar-refractivity contribution is 0.102. The molecule has 158 valence electrons. The monoisotopic (exact) mass is 437 g/mol. The number of nitrogens with one attached hydrogen (secondary N) is 1. The highest BCUT2D eigenvalue weighted by molar-refractivity contribution is 6.32. The van der Waals surface area contributed by atoms with Crippen LogP contribution in [0.5, 0.6) is 11.5 Å². The van der Waals surface area contributed by atoms with Gasteiger partial charge >= 0.3 is 0 Å². The van der Waals surface area contributed by atoms with Gasteiger partial charge in [0.15, 0.2) is 0 Å².